The van der Waals surface area contributed by atoms with Gasteiger partial charge in [0, 0.05) is 12.0 Å². The summed E-state index contributed by atoms with van der Waals surface area (Å²) in [4.78, 5) is 32.4. The average molecular weight is 490 g/mol. The molecule has 5 N–H and O–H groups in total. The lowest BCUT2D eigenvalue weighted by molar-refractivity contribution is -0.192. The highest BCUT2D eigenvalue weighted by Gasteiger charge is 2.38. The summed E-state index contributed by atoms with van der Waals surface area (Å²) in [5, 5.41) is 22.6. The van der Waals surface area contributed by atoms with Gasteiger partial charge in [0.15, 0.2) is 0 Å². The van der Waals surface area contributed by atoms with E-state index in [-0.39, 0.29) is 11.9 Å². The lowest BCUT2D eigenvalue weighted by Crippen LogP contribution is -2.49. The van der Waals surface area contributed by atoms with Crippen LogP contribution in [0.3, 0.4) is 0 Å². The number of carboxylic acids is 1. The number of carbonyl (C=O) groups excluding carboxylic acids is 2. The number of hydrogen-bond acceptors (Lipinski definition) is 5. The largest absolute Gasteiger partial charge is 0.490 e. The Hall–Kier alpha value is -3.91. The first-order chi connectivity index (χ1) is 16.5. The molecule has 0 saturated carbocycles. The van der Waals surface area contributed by atoms with Gasteiger partial charge in [-0.1, -0.05) is 42.8 Å². The fourth-order valence-corrected chi connectivity index (χ4v) is 3.37. The monoisotopic (exact) mass is 490 g/mol. The fraction of sp³-hybridized carbons (Fsp3) is 0.333. The maximum Gasteiger partial charge on any atom is 0.490 e. The van der Waals surface area contributed by atoms with E-state index in [2.05, 4.69) is 16.7 Å². The van der Waals surface area contributed by atoms with E-state index in [9.17, 15) is 28.0 Å². The van der Waals surface area contributed by atoms with E-state index in [1.54, 1.807) is 12.1 Å². The number of carboxylic acid groups (broad SMARTS) is 1. The van der Waals surface area contributed by atoms with Crippen molar-refractivity contribution in [3.05, 3.63) is 59.7 Å². The number of nitrogens with two attached hydrogens (primary N) is 1. The number of nitrogens with zero attached hydrogens (tertiary/aromatic N) is 1. The van der Waals surface area contributed by atoms with Crippen molar-refractivity contribution in [2.24, 2.45) is 5.73 Å². The lowest BCUT2D eigenvalue weighted by atomic mass is 9.99. The zero-order valence-electron chi connectivity index (χ0n) is 18.6. The quantitative estimate of drug-likeness (QED) is 0.490. The molecule has 2 aromatic rings. The molecular formula is C24H25F3N4O4. The fourth-order valence-electron chi connectivity index (χ4n) is 3.37. The standard InChI is InChI=1S/C22H24N4O2.C2HF3O2/c23-14-19(26-22(28)20-3-1-2-12-25-20)13-15-4-6-16(7-5-15)17-8-10-18(11-9-17)21(24)27;3-2(4,5)1(6)7/h4-11,19-20,25H,1-3,12-13H2,(H2,24,27)(H,26,28);(H,6,7)/t19-,20-;/m0./s1. The van der Waals surface area contributed by atoms with Crippen molar-refractivity contribution < 1.29 is 32.7 Å². The third-order valence-corrected chi connectivity index (χ3v) is 5.24. The molecule has 0 unspecified atom stereocenters. The third-order valence-electron chi connectivity index (χ3n) is 5.24. The number of halogens is 3. The van der Waals surface area contributed by atoms with Crippen LogP contribution in [0.1, 0.15) is 35.2 Å². The van der Waals surface area contributed by atoms with Crippen LogP contribution < -0.4 is 16.4 Å². The van der Waals surface area contributed by atoms with Gasteiger partial charge < -0.3 is 21.5 Å². The first-order valence-electron chi connectivity index (χ1n) is 10.7. The van der Waals surface area contributed by atoms with Gasteiger partial charge in [0.1, 0.15) is 6.04 Å². The zero-order chi connectivity index (χ0) is 26.0. The molecule has 35 heavy (non-hydrogen) atoms. The minimum absolute atomic E-state index is 0.0996. The number of rotatable bonds is 6. The van der Waals surface area contributed by atoms with Crippen molar-refractivity contribution in [1.82, 2.24) is 10.6 Å². The Labute approximate surface area is 199 Å². The van der Waals surface area contributed by atoms with Crippen molar-refractivity contribution in [3.8, 4) is 17.2 Å². The molecule has 1 fully saturated rings. The van der Waals surface area contributed by atoms with Crippen molar-refractivity contribution in [3.63, 3.8) is 0 Å². The van der Waals surface area contributed by atoms with Crippen molar-refractivity contribution in [1.29, 1.82) is 5.26 Å². The number of nitrogens with one attached hydrogen (secondary N) is 2. The topological polar surface area (TPSA) is 145 Å². The number of benzene rings is 2. The highest BCUT2D eigenvalue weighted by Crippen LogP contribution is 2.21. The normalized spacial score (nSPS) is 16.1. The number of alkyl halides is 3. The van der Waals surface area contributed by atoms with Gasteiger partial charge in [-0.15, -0.1) is 0 Å². The van der Waals surface area contributed by atoms with Crippen LogP contribution in [0.15, 0.2) is 48.5 Å². The van der Waals surface area contributed by atoms with E-state index in [1.165, 1.54) is 0 Å². The summed E-state index contributed by atoms with van der Waals surface area (Å²) in [7, 11) is 0. The molecule has 0 aromatic heterocycles. The Kier molecular flexibility index (Phi) is 9.78. The highest BCUT2D eigenvalue weighted by molar-refractivity contribution is 5.93. The molecule has 11 heteroatoms. The SMILES string of the molecule is N#C[C@H](Cc1ccc(-c2ccc(C(N)=O)cc2)cc1)NC(=O)[C@@H]1CCCCN1.O=C(O)C(F)(F)F. The first-order valence-corrected chi connectivity index (χ1v) is 10.7. The second-order valence-electron chi connectivity index (χ2n) is 7.84. The summed E-state index contributed by atoms with van der Waals surface area (Å²) < 4.78 is 31.7. The predicted octanol–water partition coefficient (Wildman–Crippen LogP) is 2.78. The number of carbonyl (C=O) groups is 3. The van der Waals surface area contributed by atoms with E-state index < -0.39 is 24.1 Å². The van der Waals surface area contributed by atoms with Crippen LogP contribution in [0.25, 0.3) is 11.1 Å². The Bertz CT molecular complexity index is 1060. The van der Waals surface area contributed by atoms with Crippen molar-refractivity contribution in [2.45, 2.75) is 43.9 Å². The van der Waals surface area contributed by atoms with Gasteiger partial charge in [-0.25, -0.2) is 4.79 Å². The summed E-state index contributed by atoms with van der Waals surface area (Å²) >= 11 is 0. The molecule has 2 amide bonds. The molecule has 1 aliphatic heterocycles. The molecule has 1 heterocycles. The van der Waals surface area contributed by atoms with Crippen LogP contribution in [0.2, 0.25) is 0 Å². The molecule has 0 spiro atoms. The Morgan fingerprint density at radius 2 is 1.63 bits per heavy atom. The molecule has 0 radical (unpaired) electrons. The lowest BCUT2D eigenvalue weighted by Gasteiger charge is -2.23. The minimum Gasteiger partial charge on any atom is -0.475 e. The van der Waals surface area contributed by atoms with Crippen molar-refractivity contribution >= 4 is 17.8 Å². The number of primary amides is 1. The maximum absolute atomic E-state index is 12.3. The highest BCUT2D eigenvalue weighted by atomic mass is 19.4. The van der Waals surface area contributed by atoms with Gasteiger partial charge >= 0.3 is 12.1 Å². The molecule has 2 atom stereocenters. The Morgan fingerprint density at radius 1 is 1.09 bits per heavy atom. The molecule has 186 valence electrons. The molecule has 3 rings (SSSR count). The molecule has 1 saturated heterocycles. The summed E-state index contributed by atoms with van der Waals surface area (Å²) in [5.41, 5.74) is 8.69. The second-order valence-corrected chi connectivity index (χ2v) is 7.84. The van der Waals surface area contributed by atoms with Crippen LogP contribution in [-0.4, -0.2) is 47.7 Å². The molecule has 8 nitrogen and oxygen atoms in total. The van der Waals surface area contributed by atoms with Gasteiger partial charge in [0.05, 0.1) is 12.1 Å². The Morgan fingerprint density at radius 3 is 2.06 bits per heavy atom. The number of nitriles is 1. The summed E-state index contributed by atoms with van der Waals surface area (Å²) in [6.45, 7) is 0.844. The second kappa shape index (κ2) is 12.5. The van der Waals surface area contributed by atoms with Gasteiger partial charge in [0.2, 0.25) is 11.8 Å². The Balaban J connectivity index is 0.000000540. The molecular weight excluding hydrogens is 465 g/mol. The van der Waals surface area contributed by atoms with Gasteiger partial charge in [0.25, 0.3) is 0 Å². The van der Waals surface area contributed by atoms with Crippen molar-refractivity contribution in [2.75, 3.05) is 6.54 Å². The van der Waals surface area contributed by atoms with E-state index in [0.717, 1.165) is 42.5 Å². The molecule has 0 aliphatic carbocycles. The van der Waals surface area contributed by atoms with E-state index in [1.807, 2.05) is 36.4 Å². The van der Waals surface area contributed by atoms with Gasteiger partial charge in [-0.05, 0) is 48.2 Å². The predicted molar refractivity (Wildman–Crippen MR) is 121 cm³/mol. The average Bonchev–Trinajstić information content (AvgIpc) is 2.84. The van der Waals surface area contributed by atoms with Crippen LogP contribution in [-0.2, 0) is 16.0 Å². The molecule has 0 bridgehead atoms. The van der Waals surface area contributed by atoms with E-state index in [0.29, 0.717) is 12.0 Å². The first kappa shape index (κ1) is 27.3. The number of amides is 2. The smallest absolute Gasteiger partial charge is 0.475 e. The van der Waals surface area contributed by atoms with Crippen LogP contribution in [0.5, 0.6) is 0 Å². The van der Waals surface area contributed by atoms with Crippen LogP contribution in [0, 0.1) is 11.3 Å². The van der Waals surface area contributed by atoms with E-state index >= 15 is 0 Å². The number of aliphatic carboxylic acids is 1. The zero-order valence-corrected chi connectivity index (χ0v) is 18.6. The summed E-state index contributed by atoms with van der Waals surface area (Å²) in [6, 6.07) is 16.4. The van der Waals surface area contributed by atoms with Gasteiger partial charge in [-0.3, -0.25) is 9.59 Å². The van der Waals surface area contributed by atoms with E-state index in [4.69, 9.17) is 15.6 Å². The molecule has 2 aromatic carbocycles. The maximum atomic E-state index is 12.3. The number of piperidine rings is 1. The summed E-state index contributed by atoms with van der Waals surface area (Å²) in [6.07, 6.45) is -1.70. The van der Waals surface area contributed by atoms with Crippen LogP contribution in [0.4, 0.5) is 13.2 Å². The molecule has 1 aliphatic rings. The minimum atomic E-state index is -5.08. The van der Waals surface area contributed by atoms with Gasteiger partial charge in [-0.2, -0.15) is 18.4 Å². The third kappa shape index (κ3) is 8.75. The van der Waals surface area contributed by atoms with Crippen LogP contribution >= 0.6 is 0 Å². The number of hydrogen-bond donors (Lipinski definition) is 4. The summed E-state index contributed by atoms with van der Waals surface area (Å²) in [5.74, 6) is -3.31.